The zero-order valence-corrected chi connectivity index (χ0v) is 7.52. The van der Waals surface area contributed by atoms with Gasteiger partial charge in [-0.15, -0.1) is 11.8 Å². The number of aldehydes is 1. The lowest BCUT2D eigenvalue weighted by Gasteiger charge is -2.15. The van der Waals surface area contributed by atoms with Crippen molar-refractivity contribution in [2.75, 3.05) is 5.88 Å². The third-order valence-electron chi connectivity index (χ3n) is 1.73. The number of allylic oxidation sites excluding steroid dienone is 2. The maximum atomic E-state index is 10.4. The van der Waals surface area contributed by atoms with E-state index in [2.05, 4.69) is 4.90 Å². The standard InChI is InChI=1S/C8H11NOS/c1-7(5-10)8(2)9-3-4-11-6-9/h3-5H,6H2,1-2H3. The van der Waals surface area contributed by atoms with Crippen molar-refractivity contribution in [3.63, 3.8) is 0 Å². The maximum Gasteiger partial charge on any atom is 0.147 e. The van der Waals surface area contributed by atoms with Crippen molar-refractivity contribution in [1.29, 1.82) is 0 Å². The van der Waals surface area contributed by atoms with E-state index in [-0.39, 0.29) is 0 Å². The third-order valence-corrected chi connectivity index (χ3v) is 2.47. The van der Waals surface area contributed by atoms with Crippen molar-refractivity contribution >= 4 is 18.0 Å². The first-order valence-electron chi connectivity index (χ1n) is 3.43. The van der Waals surface area contributed by atoms with E-state index in [1.807, 2.05) is 25.5 Å². The highest BCUT2D eigenvalue weighted by atomic mass is 32.2. The fourth-order valence-electron chi connectivity index (χ4n) is 0.803. The van der Waals surface area contributed by atoms with E-state index in [0.29, 0.717) is 0 Å². The van der Waals surface area contributed by atoms with Crippen LogP contribution in [0.5, 0.6) is 0 Å². The second kappa shape index (κ2) is 3.62. The highest BCUT2D eigenvalue weighted by Gasteiger charge is 2.07. The molecule has 60 valence electrons. The number of carbonyl (C=O) groups excluding carboxylic acids is 1. The summed E-state index contributed by atoms with van der Waals surface area (Å²) in [6.07, 6.45) is 2.89. The van der Waals surface area contributed by atoms with Gasteiger partial charge < -0.3 is 4.90 Å². The van der Waals surface area contributed by atoms with E-state index in [4.69, 9.17) is 0 Å². The molecule has 1 heterocycles. The lowest BCUT2D eigenvalue weighted by Crippen LogP contribution is -2.12. The summed E-state index contributed by atoms with van der Waals surface area (Å²) in [5.41, 5.74) is 1.85. The molecule has 0 spiro atoms. The van der Waals surface area contributed by atoms with Crippen LogP contribution in [0.1, 0.15) is 13.8 Å². The summed E-state index contributed by atoms with van der Waals surface area (Å²) in [7, 11) is 0. The molecule has 2 nitrogen and oxygen atoms in total. The first-order chi connectivity index (χ1) is 5.25. The average molecular weight is 169 g/mol. The summed E-state index contributed by atoms with van der Waals surface area (Å²) in [6.45, 7) is 3.79. The van der Waals surface area contributed by atoms with Crippen LogP contribution < -0.4 is 0 Å². The summed E-state index contributed by atoms with van der Waals surface area (Å²) < 4.78 is 0. The molecule has 1 rings (SSSR count). The van der Waals surface area contributed by atoms with E-state index in [1.165, 1.54) is 0 Å². The van der Waals surface area contributed by atoms with E-state index in [9.17, 15) is 4.79 Å². The van der Waals surface area contributed by atoms with Crippen LogP contribution in [0, 0.1) is 0 Å². The van der Waals surface area contributed by atoms with E-state index in [0.717, 1.165) is 23.4 Å². The van der Waals surface area contributed by atoms with Gasteiger partial charge in [0.2, 0.25) is 0 Å². The third kappa shape index (κ3) is 1.87. The van der Waals surface area contributed by atoms with Crippen molar-refractivity contribution in [3.05, 3.63) is 22.9 Å². The molecule has 0 unspecified atom stereocenters. The predicted octanol–water partition coefficient (Wildman–Crippen LogP) is 1.96. The average Bonchev–Trinajstić information content (AvgIpc) is 2.53. The molecule has 0 amide bonds. The van der Waals surface area contributed by atoms with Crippen molar-refractivity contribution in [3.8, 4) is 0 Å². The number of rotatable bonds is 2. The number of nitrogens with zero attached hydrogens (tertiary/aromatic N) is 1. The first kappa shape index (κ1) is 8.40. The molecular weight excluding hydrogens is 158 g/mol. The van der Waals surface area contributed by atoms with Crippen molar-refractivity contribution in [2.45, 2.75) is 13.8 Å². The molecular formula is C8H11NOS. The topological polar surface area (TPSA) is 20.3 Å². The van der Waals surface area contributed by atoms with E-state index < -0.39 is 0 Å². The van der Waals surface area contributed by atoms with Gasteiger partial charge in [-0.25, -0.2) is 0 Å². The van der Waals surface area contributed by atoms with Gasteiger partial charge in [0.15, 0.2) is 0 Å². The molecule has 1 aliphatic heterocycles. The molecule has 3 heteroatoms. The van der Waals surface area contributed by atoms with Crippen molar-refractivity contribution in [1.82, 2.24) is 4.90 Å². The van der Waals surface area contributed by atoms with Gasteiger partial charge in [0.05, 0.1) is 5.88 Å². The Balaban J connectivity index is 2.73. The summed E-state index contributed by atoms with van der Waals surface area (Å²) in [5, 5.41) is 2.03. The van der Waals surface area contributed by atoms with Gasteiger partial charge in [0.1, 0.15) is 6.29 Å². The van der Waals surface area contributed by atoms with Gasteiger partial charge in [0, 0.05) is 17.5 Å². The molecule has 0 saturated heterocycles. The zero-order chi connectivity index (χ0) is 8.27. The largest absolute Gasteiger partial charge is 0.341 e. The monoisotopic (exact) mass is 169 g/mol. The number of thioether (sulfide) groups is 1. The predicted molar refractivity (Wildman–Crippen MR) is 47.9 cm³/mol. The van der Waals surface area contributed by atoms with E-state index >= 15 is 0 Å². The van der Waals surface area contributed by atoms with Gasteiger partial charge in [-0.1, -0.05) is 0 Å². The Labute approximate surface area is 71.0 Å². The van der Waals surface area contributed by atoms with Gasteiger partial charge in [-0.05, 0) is 19.3 Å². The highest BCUT2D eigenvalue weighted by Crippen LogP contribution is 2.20. The Kier molecular flexibility index (Phi) is 2.76. The first-order valence-corrected chi connectivity index (χ1v) is 4.48. The Morgan fingerprint density at radius 3 is 2.82 bits per heavy atom. The van der Waals surface area contributed by atoms with Crippen LogP contribution in [-0.2, 0) is 4.79 Å². The molecule has 0 fully saturated rings. The molecule has 0 N–H and O–H groups in total. The molecule has 0 aliphatic carbocycles. The van der Waals surface area contributed by atoms with Crippen molar-refractivity contribution in [2.24, 2.45) is 0 Å². The molecule has 0 aromatic carbocycles. The minimum Gasteiger partial charge on any atom is -0.341 e. The molecule has 0 atom stereocenters. The zero-order valence-electron chi connectivity index (χ0n) is 6.70. The number of hydrogen-bond acceptors (Lipinski definition) is 3. The van der Waals surface area contributed by atoms with E-state index in [1.54, 1.807) is 11.8 Å². The van der Waals surface area contributed by atoms with Gasteiger partial charge in [-0.3, -0.25) is 4.79 Å². The molecule has 0 aromatic heterocycles. The fourth-order valence-corrected chi connectivity index (χ4v) is 1.56. The second-order valence-corrected chi connectivity index (χ2v) is 3.30. The SMILES string of the molecule is CC(C=O)=C(C)N1C=CSC1. The summed E-state index contributed by atoms with van der Waals surface area (Å²) in [4.78, 5) is 12.5. The summed E-state index contributed by atoms with van der Waals surface area (Å²) >= 11 is 1.73. The molecule has 0 bridgehead atoms. The van der Waals surface area contributed by atoms with Crippen LogP contribution in [0.3, 0.4) is 0 Å². The molecule has 0 aromatic rings. The second-order valence-electron chi connectivity index (χ2n) is 2.44. The maximum absolute atomic E-state index is 10.4. The fraction of sp³-hybridized carbons (Fsp3) is 0.375. The Hall–Kier alpha value is -0.700. The van der Waals surface area contributed by atoms with Crippen molar-refractivity contribution < 1.29 is 4.79 Å². The Morgan fingerprint density at radius 2 is 2.36 bits per heavy atom. The van der Waals surface area contributed by atoms with Crippen LogP contribution in [0.25, 0.3) is 0 Å². The Bertz CT molecular complexity index is 220. The summed E-state index contributed by atoms with van der Waals surface area (Å²) in [6, 6.07) is 0. The van der Waals surface area contributed by atoms with Crippen LogP contribution in [0.4, 0.5) is 0 Å². The van der Waals surface area contributed by atoms with Gasteiger partial charge >= 0.3 is 0 Å². The highest BCUT2D eigenvalue weighted by molar-refractivity contribution is 8.02. The van der Waals surface area contributed by atoms with Gasteiger partial charge in [0.25, 0.3) is 0 Å². The van der Waals surface area contributed by atoms with Crippen LogP contribution in [-0.4, -0.2) is 17.1 Å². The minimum absolute atomic E-state index is 0.803. The lowest BCUT2D eigenvalue weighted by molar-refractivity contribution is -0.105. The summed E-state index contributed by atoms with van der Waals surface area (Å²) in [5.74, 6) is 0.928. The number of carbonyl (C=O) groups is 1. The number of hydrogen-bond donors (Lipinski definition) is 0. The smallest absolute Gasteiger partial charge is 0.147 e. The molecule has 1 aliphatic rings. The quantitative estimate of drug-likeness (QED) is 0.465. The normalized spacial score (nSPS) is 18.5. The van der Waals surface area contributed by atoms with Crippen LogP contribution in [0.15, 0.2) is 22.9 Å². The van der Waals surface area contributed by atoms with Crippen LogP contribution >= 0.6 is 11.8 Å². The molecule has 0 saturated carbocycles. The minimum atomic E-state index is 0.803. The molecule has 11 heavy (non-hydrogen) atoms. The lowest BCUT2D eigenvalue weighted by atomic mass is 10.2. The van der Waals surface area contributed by atoms with Crippen LogP contribution in [0.2, 0.25) is 0 Å². The Morgan fingerprint density at radius 1 is 1.64 bits per heavy atom. The van der Waals surface area contributed by atoms with Gasteiger partial charge in [-0.2, -0.15) is 0 Å². The molecule has 0 radical (unpaired) electrons.